The maximum atomic E-state index is 12.1. The summed E-state index contributed by atoms with van der Waals surface area (Å²) >= 11 is 4.81. The second kappa shape index (κ2) is 5.59. The molecule has 0 fully saturated rings. The van der Waals surface area contributed by atoms with Crippen molar-refractivity contribution in [2.45, 2.75) is 11.3 Å². The molecule has 3 N–H and O–H groups in total. The maximum absolute atomic E-state index is 12.1. The molecule has 106 valence electrons. The zero-order valence-corrected chi connectivity index (χ0v) is 12.4. The van der Waals surface area contributed by atoms with Gasteiger partial charge in [-0.2, -0.15) is 5.10 Å². The van der Waals surface area contributed by atoms with Crippen molar-refractivity contribution in [3.8, 4) is 0 Å². The summed E-state index contributed by atoms with van der Waals surface area (Å²) in [5.41, 5.74) is 6.31. The van der Waals surface area contributed by atoms with E-state index >= 15 is 0 Å². The van der Waals surface area contributed by atoms with Gasteiger partial charge in [-0.1, -0.05) is 24.4 Å². The number of aryl methyl sites for hydroxylation is 1. The molecule has 1 heterocycles. The highest BCUT2D eigenvalue weighted by molar-refractivity contribution is 7.92. The number of aromatic nitrogens is 2. The first-order chi connectivity index (χ1) is 9.37. The largest absolute Gasteiger partial charge is 0.393 e. The standard InChI is InChI=1S/C12H14N4O2S2/c1-16-7-6-12(14-16)15-20(17,18)10-4-2-9(3-5-10)8-11(13)19/h2-7H,8H2,1H3,(H2,13,19)(H,14,15). The van der Waals surface area contributed by atoms with Gasteiger partial charge in [0.25, 0.3) is 10.0 Å². The van der Waals surface area contributed by atoms with Crippen LogP contribution in [0.15, 0.2) is 41.4 Å². The molecule has 0 unspecified atom stereocenters. The van der Waals surface area contributed by atoms with E-state index in [1.54, 1.807) is 31.4 Å². The number of sulfonamides is 1. The fraction of sp³-hybridized carbons (Fsp3) is 0.167. The molecule has 0 bridgehead atoms. The predicted molar refractivity (Wildman–Crippen MR) is 80.9 cm³/mol. The lowest BCUT2D eigenvalue weighted by Gasteiger charge is -2.06. The van der Waals surface area contributed by atoms with Gasteiger partial charge in [0.05, 0.1) is 9.88 Å². The molecule has 0 amide bonds. The monoisotopic (exact) mass is 310 g/mol. The Morgan fingerprint density at radius 3 is 2.50 bits per heavy atom. The fourth-order valence-corrected chi connectivity index (χ4v) is 2.82. The van der Waals surface area contributed by atoms with Crippen molar-refractivity contribution in [1.29, 1.82) is 0 Å². The van der Waals surface area contributed by atoms with E-state index in [2.05, 4.69) is 9.82 Å². The minimum absolute atomic E-state index is 0.162. The summed E-state index contributed by atoms with van der Waals surface area (Å²) in [7, 11) is -1.92. The van der Waals surface area contributed by atoms with Crippen LogP contribution in [0.2, 0.25) is 0 Å². The Morgan fingerprint density at radius 1 is 1.35 bits per heavy atom. The first kappa shape index (κ1) is 14.5. The van der Waals surface area contributed by atoms with E-state index in [9.17, 15) is 8.42 Å². The van der Waals surface area contributed by atoms with Crippen LogP contribution >= 0.6 is 12.2 Å². The summed E-state index contributed by atoms with van der Waals surface area (Å²) in [6.07, 6.45) is 2.10. The van der Waals surface area contributed by atoms with Gasteiger partial charge < -0.3 is 5.73 Å². The van der Waals surface area contributed by atoms with Crippen molar-refractivity contribution < 1.29 is 8.42 Å². The minimum Gasteiger partial charge on any atom is -0.393 e. The summed E-state index contributed by atoms with van der Waals surface area (Å²) in [4.78, 5) is 0.530. The van der Waals surface area contributed by atoms with Gasteiger partial charge in [-0.25, -0.2) is 8.42 Å². The molecule has 1 aromatic carbocycles. The first-order valence-corrected chi connectivity index (χ1v) is 7.66. The zero-order chi connectivity index (χ0) is 14.8. The summed E-state index contributed by atoms with van der Waals surface area (Å²) in [6, 6.07) is 7.98. The second-order valence-electron chi connectivity index (χ2n) is 4.27. The predicted octanol–water partition coefficient (Wildman–Crippen LogP) is 1.05. The van der Waals surface area contributed by atoms with Crippen LogP contribution in [-0.4, -0.2) is 23.2 Å². The summed E-state index contributed by atoms with van der Waals surface area (Å²) in [6.45, 7) is 0. The number of hydrogen-bond acceptors (Lipinski definition) is 4. The summed E-state index contributed by atoms with van der Waals surface area (Å²) < 4.78 is 28.2. The van der Waals surface area contributed by atoms with E-state index in [1.165, 1.54) is 16.8 Å². The molecule has 0 saturated carbocycles. The van der Waals surface area contributed by atoms with Gasteiger partial charge in [-0.05, 0) is 17.7 Å². The smallest absolute Gasteiger partial charge is 0.263 e. The van der Waals surface area contributed by atoms with E-state index in [0.29, 0.717) is 11.4 Å². The molecule has 2 aromatic rings. The van der Waals surface area contributed by atoms with Crippen molar-refractivity contribution in [2.75, 3.05) is 4.72 Å². The van der Waals surface area contributed by atoms with Gasteiger partial charge >= 0.3 is 0 Å². The third kappa shape index (κ3) is 3.55. The Kier molecular flexibility index (Phi) is 4.05. The van der Waals surface area contributed by atoms with Crippen molar-refractivity contribution >= 4 is 33.0 Å². The molecule has 1 aromatic heterocycles. The molecule has 0 aliphatic carbocycles. The van der Waals surface area contributed by atoms with Crippen LogP contribution in [0.1, 0.15) is 5.56 Å². The zero-order valence-electron chi connectivity index (χ0n) is 10.8. The normalized spacial score (nSPS) is 11.2. The Hall–Kier alpha value is -1.93. The molecule has 0 radical (unpaired) electrons. The van der Waals surface area contributed by atoms with E-state index in [-0.39, 0.29) is 10.7 Å². The molecule has 0 saturated heterocycles. The van der Waals surface area contributed by atoms with Gasteiger partial charge in [0.1, 0.15) is 0 Å². The maximum Gasteiger partial charge on any atom is 0.263 e. The van der Waals surface area contributed by atoms with Crippen molar-refractivity contribution in [3.05, 3.63) is 42.1 Å². The van der Waals surface area contributed by atoms with Gasteiger partial charge in [0.15, 0.2) is 5.82 Å². The van der Waals surface area contributed by atoms with E-state index in [0.717, 1.165) is 5.56 Å². The molecule has 8 heteroatoms. The first-order valence-electron chi connectivity index (χ1n) is 5.76. The Labute approximate surface area is 122 Å². The van der Waals surface area contributed by atoms with Crippen LogP contribution in [0, 0.1) is 0 Å². The SMILES string of the molecule is Cn1ccc(NS(=O)(=O)c2ccc(CC(N)=S)cc2)n1. The van der Waals surface area contributed by atoms with Crippen molar-refractivity contribution in [1.82, 2.24) is 9.78 Å². The van der Waals surface area contributed by atoms with E-state index in [1.807, 2.05) is 0 Å². The molecule has 0 atom stereocenters. The lowest BCUT2D eigenvalue weighted by atomic mass is 10.1. The molecular weight excluding hydrogens is 296 g/mol. The Bertz CT molecular complexity index is 720. The van der Waals surface area contributed by atoms with Crippen LogP contribution in [0.5, 0.6) is 0 Å². The number of benzene rings is 1. The molecular formula is C12H14N4O2S2. The highest BCUT2D eigenvalue weighted by atomic mass is 32.2. The van der Waals surface area contributed by atoms with E-state index in [4.69, 9.17) is 18.0 Å². The molecule has 6 nitrogen and oxygen atoms in total. The topological polar surface area (TPSA) is 90.0 Å². The molecule has 0 aliphatic rings. The lowest BCUT2D eigenvalue weighted by molar-refractivity contribution is 0.601. The number of thiocarbonyl (C=S) groups is 1. The number of rotatable bonds is 5. The number of hydrogen-bond donors (Lipinski definition) is 2. The Balaban J connectivity index is 2.19. The number of anilines is 1. The third-order valence-electron chi connectivity index (χ3n) is 2.56. The van der Waals surface area contributed by atoms with Gasteiger partial charge in [0, 0.05) is 25.7 Å². The summed E-state index contributed by atoms with van der Waals surface area (Å²) in [5.74, 6) is 0.278. The van der Waals surface area contributed by atoms with Crippen LogP contribution < -0.4 is 10.5 Å². The lowest BCUT2D eigenvalue weighted by Crippen LogP contribution is -2.14. The second-order valence-corrected chi connectivity index (χ2v) is 6.47. The number of nitrogens with two attached hydrogens (primary N) is 1. The van der Waals surface area contributed by atoms with Crippen molar-refractivity contribution in [3.63, 3.8) is 0 Å². The van der Waals surface area contributed by atoms with Crippen LogP contribution in [-0.2, 0) is 23.5 Å². The molecule has 20 heavy (non-hydrogen) atoms. The van der Waals surface area contributed by atoms with Gasteiger partial charge in [-0.15, -0.1) is 0 Å². The Morgan fingerprint density at radius 2 is 2.00 bits per heavy atom. The molecule has 2 rings (SSSR count). The quantitative estimate of drug-likeness (QED) is 0.806. The summed E-state index contributed by atoms with van der Waals surface area (Å²) in [5, 5.41) is 3.97. The number of nitrogens with one attached hydrogen (secondary N) is 1. The molecule has 0 spiro atoms. The third-order valence-corrected chi connectivity index (χ3v) is 4.08. The van der Waals surface area contributed by atoms with Crippen LogP contribution in [0.25, 0.3) is 0 Å². The fourth-order valence-electron chi connectivity index (χ4n) is 1.65. The van der Waals surface area contributed by atoms with E-state index < -0.39 is 10.0 Å². The number of nitrogens with zero attached hydrogens (tertiary/aromatic N) is 2. The highest BCUT2D eigenvalue weighted by Gasteiger charge is 2.15. The average Bonchev–Trinajstić information content (AvgIpc) is 2.74. The van der Waals surface area contributed by atoms with Gasteiger partial charge in [-0.3, -0.25) is 9.40 Å². The van der Waals surface area contributed by atoms with Crippen LogP contribution in [0.3, 0.4) is 0 Å². The average molecular weight is 310 g/mol. The highest BCUT2D eigenvalue weighted by Crippen LogP contribution is 2.15. The minimum atomic E-state index is -3.64. The van der Waals surface area contributed by atoms with Gasteiger partial charge in [0.2, 0.25) is 0 Å². The molecule has 0 aliphatic heterocycles. The van der Waals surface area contributed by atoms with Crippen molar-refractivity contribution in [2.24, 2.45) is 12.8 Å². The van der Waals surface area contributed by atoms with Crippen LogP contribution in [0.4, 0.5) is 5.82 Å².